The van der Waals surface area contributed by atoms with Gasteiger partial charge in [0.05, 0.1) is 11.7 Å². The van der Waals surface area contributed by atoms with Crippen molar-refractivity contribution in [1.82, 2.24) is 4.98 Å². The highest BCUT2D eigenvalue weighted by atomic mass is 16.5. The highest BCUT2D eigenvalue weighted by molar-refractivity contribution is 5.90. The van der Waals surface area contributed by atoms with Gasteiger partial charge in [-0.15, -0.1) is 0 Å². The molecule has 1 fully saturated rings. The molecule has 0 aliphatic heterocycles. The van der Waals surface area contributed by atoms with Gasteiger partial charge in [0.2, 0.25) is 0 Å². The molecule has 0 unspecified atom stereocenters. The van der Waals surface area contributed by atoms with Gasteiger partial charge in [0.1, 0.15) is 5.75 Å². The summed E-state index contributed by atoms with van der Waals surface area (Å²) < 4.78 is 5.87. The van der Waals surface area contributed by atoms with E-state index in [1.54, 1.807) is 24.5 Å². The van der Waals surface area contributed by atoms with Gasteiger partial charge in [-0.3, -0.25) is 4.98 Å². The second-order valence-corrected chi connectivity index (χ2v) is 5.02. The van der Waals surface area contributed by atoms with Gasteiger partial charge in [-0.05, 0) is 55.2 Å². The molecule has 102 valence electrons. The first-order valence-corrected chi connectivity index (χ1v) is 6.60. The number of pyridine rings is 1. The first-order chi connectivity index (χ1) is 9.65. The van der Waals surface area contributed by atoms with Gasteiger partial charge in [-0.2, -0.15) is 0 Å². The largest absolute Gasteiger partial charge is 0.490 e. The number of aromatic nitrogens is 1. The van der Waals surface area contributed by atoms with Crippen LogP contribution in [0.2, 0.25) is 0 Å². The Balaban J connectivity index is 2.09. The Hall–Kier alpha value is -2.36. The summed E-state index contributed by atoms with van der Waals surface area (Å²) in [4.78, 5) is 15.2. The Bertz CT molecular complexity index is 663. The van der Waals surface area contributed by atoms with E-state index < -0.39 is 5.97 Å². The zero-order valence-corrected chi connectivity index (χ0v) is 11.2. The lowest BCUT2D eigenvalue weighted by atomic mass is 10.00. The van der Waals surface area contributed by atoms with Crippen LogP contribution in [0.5, 0.6) is 5.75 Å². The fraction of sp³-hybridized carbons (Fsp3) is 0.250. The number of aryl methyl sites for hydroxylation is 1. The van der Waals surface area contributed by atoms with Crippen molar-refractivity contribution in [2.45, 2.75) is 25.9 Å². The summed E-state index contributed by atoms with van der Waals surface area (Å²) in [5.74, 6) is -0.301. The van der Waals surface area contributed by atoms with Crippen LogP contribution >= 0.6 is 0 Å². The minimum atomic E-state index is -0.941. The van der Waals surface area contributed by atoms with Crippen LogP contribution < -0.4 is 4.74 Å². The second-order valence-electron chi connectivity index (χ2n) is 5.02. The van der Waals surface area contributed by atoms with E-state index in [9.17, 15) is 4.79 Å². The zero-order chi connectivity index (χ0) is 14.1. The molecule has 3 rings (SSSR count). The van der Waals surface area contributed by atoms with Crippen LogP contribution in [-0.4, -0.2) is 22.2 Å². The zero-order valence-electron chi connectivity index (χ0n) is 11.2. The van der Waals surface area contributed by atoms with Crippen molar-refractivity contribution in [2.75, 3.05) is 0 Å². The molecule has 0 bridgehead atoms. The molecule has 1 N–H and O–H groups in total. The third-order valence-electron chi connectivity index (χ3n) is 3.36. The van der Waals surface area contributed by atoms with Crippen molar-refractivity contribution in [3.8, 4) is 16.9 Å². The summed E-state index contributed by atoms with van der Waals surface area (Å²) in [7, 11) is 0. The van der Waals surface area contributed by atoms with Crippen LogP contribution in [0.4, 0.5) is 0 Å². The summed E-state index contributed by atoms with van der Waals surface area (Å²) in [5.41, 5.74) is 3.22. The van der Waals surface area contributed by atoms with E-state index >= 15 is 0 Å². The van der Waals surface area contributed by atoms with Gasteiger partial charge >= 0.3 is 5.97 Å². The number of benzene rings is 1. The van der Waals surface area contributed by atoms with Crippen molar-refractivity contribution >= 4 is 5.97 Å². The topological polar surface area (TPSA) is 59.4 Å². The minimum Gasteiger partial charge on any atom is -0.490 e. The van der Waals surface area contributed by atoms with Gasteiger partial charge in [-0.25, -0.2) is 4.79 Å². The molecule has 1 saturated carbocycles. The van der Waals surface area contributed by atoms with E-state index in [2.05, 4.69) is 4.98 Å². The predicted molar refractivity (Wildman–Crippen MR) is 75.0 cm³/mol. The Morgan fingerprint density at radius 2 is 2.10 bits per heavy atom. The molecule has 1 heterocycles. The number of carboxylic acids is 1. The number of nitrogens with zero attached hydrogens (tertiary/aromatic N) is 1. The molecule has 4 heteroatoms. The van der Waals surface area contributed by atoms with Crippen molar-refractivity contribution in [1.29, 1.82) is 0 Å². The first-order valence-electron chi connectivity index (χ1n) is 6.60. The molecular formula is C16H15NO3. The molecule has 4 nitrogen and oxygen atoms in total. The Kier molecular flexibility index (Phi) is 3.14. The molecular weight excluding hydrogens is 254 g/mol. The fourth-order valence-electron chi connectivity index (χ4n) is 2.12. The number of carboxylic acid groups (broad SMARTS) is 1. The Morgan fingerprint density at radius 3 is 2.75 bits per heavy atom. The molecule has 1 aliphatic carbocycles. The van der Waals surface area contributed by atoms with Crippen LogP contribution in [0.3, 0.4) is 0 Å². The van der Waals surface area contributed by atoms with Crippen molar-refractivity contribution < 1.29 is 14.6 Å². The SMILES string of the molecule is Cc1cnccc1-c1ccc(C(=O)O)cc1OC1CC1. The van der Waals surface area contributed by atoms with E-state index in [0.29, 0.717) is 5.75 Å². The number of rotatable bonds is 4. The Morgan fingerprint density at radius 1 is 1.30 bits per heavy atom. The van der Waals surface area contributed by atoms with E-state index in [1.807, 2.05) is 19.1 Å². The molecule has 1 aromatic heterocycles. The van der Waals surface area contributed by atoms with E-state index in [4.69, 9.17) is 9.84 Å². The van der Waals surface area contributed by atoms with E-state index in [1.165, 1.54) is 0 Å². The molecule has 1 aromatic carbocycles. The lowest BCUT2D eigenvalue weighted by Gasteiger charge is -2.13. The summed E-state index contributed by atoms with van der Waals surface area (Å²) in [6.07, 6.45) is 5.81. The number of hydrogen-bond acceptors (Lipinski definition) is 3. The Labute approximate surface area is 117 Å². The lowest BCUT2D eigenvalue weighted by Crippen LogP contribution is -2.02. The van der Waals surface area contributed by atoms with Gasteiger partial charge in [0.15, 0.2) is 0 Å². The number of aromatic carboxylic acids is 1. The van der Waals surface area contributed by atoms with Crippen LogP contribution in [-0.2, 0) is 0 Å². The maximum Gasteiger partial charge on any atom is 0.335 e. The van der Waals surface area contributed by atoms with E-state index in [0.717, 1.165) is 29.5 Å². The number of ether oxygens (including phenoxy) is 1. The molecule has 1 aliphatic rings. The minimum absolute atomic E-state index is 0.222. The van der Waals surface area contributed by atoms with Gasteiger partial charge < -0.3 is 9.84 Å². The highest BCUT2D eigenvalue weighted by Crippen LogP contribution is 2.36. The summed E-state index contributed by atoms with van der Waals surface area (Å²) >= 11 is 0. The average Bonchev–Trinajstić information content (AvgIpc) is 3.23. The normalized spacial score (nSPS) is 14.1. The van der Waals surface area contributed by atoms with Gasteiger partial charge in [0, 0.05) is 18.0 Å². The molecule has 0 radical (unpaired) electrons. The summed E-state index contributed by atoms with van der Waals surface area (Å²) in [6.45, 7) is 1.98. The van der Waals surface area contributed by atoms with Gasteiger partial charge in [0.25, 0.3) is 0 Å². The molecule has 0 saturated heterocycles. The van der Waals surface area contributed by atoms with Crippen LogP contribution in [0.15, 0.2) is 36.7 Å². The quantitative estimate of drug-likeness (QED) is 0.925. The maximum absolute atomic E-state index is 11.1. The number of hydrogen-bond donors (Lipinski definition) is 1. The molecule has 0 atom stereocenters. The monoisotopic (exact) mass is 269 g/mol. The third-order valence-corrected chi connectivity index (χ3v) is 3.36. The third kappa shape index (κ3) is 2.50. The van der Waals surface area contributed by atoms with Gasteiger partial charge in [-0.1, -0.05) is 0 Å². The first kappa shape index (κ1) is 12.7. The standard InChI is InChI=1S/C16H15NO3/c1-10-9-17-7-6-13(10)14-5-2-11(16(18)19)8-15(14)20-12-3-4-12/h2,5-9,12H,3-4H2,1H3,(H,18,19). The van der Waals surface area contributed by atoms with Crippen molar-refractivity contribution in [3.05, 3.63) is 47.8 Å². The van der Waals surface area contributed by atoms with Crippen LogP contribution in [0.25, 0.3) is 11.1 Å². The molecule has 0 spiro atoms. The van der Waals surface area contributed by atoms with Crippen molar-refractivity contribution in [2.24, 2.45) is 0 Å². The summed E-state index contributed by atoms with van der Waals surface area (Å²) in [5, 5.41) is 9.11. The highest BCUT2D eigenvalue weighted by Gasteiger charge is 2.25. The maximum atomic E-state index is 11.1. The molecule has 2 aromatic rings. The smallest absolute Gasteiger partial charge is 0.335 e. The average molecular weight is 269 g/mol. The summed E-state index contributed by atoms with van der Waals surface area (Å²) in [6, 6.07) is 6.95. The van der Waals surface area contributed by atoms with Crippen LogP contribution in [0.1, 0.15) is 28.8 Å². The fourth-order valence-corrected chi connectivity index (χ4v) is 2.12. The van der Waals surface area contributed by atoms with Crippen LogP contribution in [0, 0.1) is 6.92 Å². The second kappa shape index (κ2) is 4.96. The molecule has 20 heavy (non-hydrogen) atoms. The van der Waals surface area contributed by atoms with E-state index in [-0.39, 0.29) is 11.7 Å². The predicted octanol–water partition coefficient (Wildman–Crippen LogP) is 3.30. The molecule has 0 amide bonds. The number of carbonyl (C=O) groups is 1. The lowest BCUT2D eigenvalue weighted by molar-refractivity contribution is 0.0696. The van der Waals surface area contributed by atoms with Crippen molar-refractivity contribution in [3.63, 3.8) is 0 Å².